The van der Waals surface area contributed by atoms with Crippen molar-refractivity contribution in [2.24, 2.45) is 0 Å². The SMILES string of the molecule is COc1c(F)c(F)c(-c2c(F)c(F)c(Oc3ccc(C(c4ccc(Oc5cccc(-c6ccc(-c7cccc(C)c7C#N)c(C(=O)c7ccc(OC8CCCCO8)cc7)c6)c5C#N)cc4)(C(F)(F)F)C(F)(F)F)cc3)c(F)c2F)c(F)c1F. The van der Waals surface area contributed by atoms with Crippen LogP contribution in [0.2, 0.25) is 0 Å². The molecule has 0 amide bonds. The number of ketones is 1. The van der Waals surface area contributed by atoms with Gasteiger partial charge in [0.1, 0.15) is 40.7 Å². The number of halogens is 14. The fourth-order valence-electron chi connectivity index (χ4n) is 9.65. The minimum absolute atomic E-state index is 0.112. The first kappa shape index (κ1) is 58.3. The third kappa shape index (κ3) is 10.5. The zero-order valence-corrected chi connectivity index (χ0v) is 42.7. The lowest BCUT2D eigenvalue weighted by Gasteiger charge is -2.38. The van der Waals surface area contributed by atoms with Gasteiger partial charge in [0, 0.05) is 28.7 Å². The van der Waals surface area contributed by atoms with Crippen molar-refractivity contribution in [3.63, 3.8) is 0 Å². The molecule has 0 bridgehead atoms. The van der Waals surface area contributed by atoms with Gasteiger partial charge in [0.2, 0.25) is 34.4 Å². The Bertz CT molecular complexity index is 3850. The average molecular weight is 1160 g/mol. The van der Waals surface area contributed by atoms with Crippen LogP contribution in [-0.4, -0.2) is 38.1 Å². The lowest BCUT2D eigenvalue weighted by atomic mass is 9.73. The van der Waals surface area contributed by atoms with E-state index in [1.807, 2.05) is 6.07 Å². The van der Waals surface area contributed by atoms with E-state index in [-0.39, 0.29) is 51.4 Å². The van der Waals surface area contributed by atoms with Crippen molar-refractivity contribution in [2.75, 3.05) is 13.7 Å². The number of hydrogen-bond donors (Lipinski definition) is 0. The van der Waals surface area contributed by atoms with Crippen molar-refractivity contribution in [2.45, 2.75) is 50.2 Å². The van der Waals surface area contributed by atoms with Gasteiger partial charge in [-0.2, -0.15) is 54.4 Å². The molecule has 8 aromatic carbocycles. The van der Waals surface area contributed by atoms with E-state index in [4.69, 9.17) is 18.9 Å². The number of rotatable bonds is 14. The Kier molecular flexibility index (Phi) is 16.0. The summed E-state index contributed by atoms with van der Waals surface area (Å²) in [5, 5.41) is 20.7. The summed E-state index contributed by atoms with van der Waals surface area (Å²) in [4.78, 5) is 14.5. The van der Waals surface area contributed by atoms with E-state index in [1.165, 1.54) is 24.3 Å². The van der Waals surface area contributed by atoms with Crippen LogP contribution in [0.25, 0.3) is 33.4 Å². The molecule has 0 saturated carbocycles. The summed E-state index contributed by atoms with van der Waals surface area (Å²) in [7, 11) is 0.561. The molecule has 424 valence electrons. The number of alkyl halides is 6. The second kappa shape index (κ2) is 22.9. The van der Waals surface area contributed by atoms with Crippen molar-refractivity contribution in [3.05, 3.63) is 213 Å². The van der Waals surface area contributed by atoms with Crippen LogP contribution in [0.1, 0.15) is 63.0 Å². The summed E-state index contributed by atoms with van der Waals surface area (Å²) in [6, 6.07) is 27.9. The molecule has 22 heteroatoms. The summed E-state index contributed by atoms with van der Waals surface area (Å²) < 4.78 is 238. The summed E-state index contributed by atoms with van der Waals surface area (Å²) in [6.45, 7) is 2.27. The van der Waals surface area contributed by atoms with Gasteiger partial charge in [-0.15, -0.1) is 0 Å². The number of aryl methyl sites for hydroxylation is 1. The fraction of sp³-hybridized carbons (Fsp3) is 0.164. The highest BCUT2D eigenvalue weighted by molar-refractivity contribution is 6.14. The van der Waals surface area contributed by atoms with Gasteiger partial charge in [-0.1, -0.05) is 66.7 Å². The Morgan fingerprint density at radius 2 is 1.06 bits per heavy atom. The quantitative estimate of drug-likeness (QED) is 0.0601. The highest BCUT2D eigenvalue weighted by atomic mass is 19.4. The van der Waals surface area contributed by atoms with Gasteiger partial charge >= 0.3 is 12.4 Å². The molecular formula is C61H36F14N2O6. The van der Waals surface area contributed by atoms with Crippen molar-refractivity contribution in [1.82, 2.24) is 0 Å². The summed E-state index contributed by atoms with van der Waals surface area (Å²) >= 11 is 0. The number of nitrogens with zero attached hydrogens (tertiary/aromatic N) is 2. The van der Waals surface area contributed by atoms with Crippen LogP contribution >= 0.6 is 0 Å². The van der Waals surface area contributed by atoms with Gasteiger partial charge in [0.05, 0.1) is 30.4 Å². The zero-order chi connectivity index (χ0) is 59.9. The normalized spacial score (nSPS) is 13.7. The minimum Gasteiger partial charge on any atom is -0.491 e. The third-order valence-corrected chi connectivity index (χ3v) is 13.7. The molecule has 83 heavy (non-hydrogen) atoms. The standard InChI is InChI=1S/C61H36F14N2O6/c1-30-7-5-9-39(42(30)28-76)40-25-14-32(27-41(40)56(78)31-12-19-36(20-13-31)82-45-11-3-4-26-80-45)38-8-6-10-44(43(38)29-77)81-35-21-15-33(16-22-35)59(60(70,71)72,61(73,74)75)34-17-23-37(24-18-34)83-58-54(68)50(64)47(51(65)55(58)69)46-48(62)52(66)57(79-2)53(67)49(46)63/h5-10,12-25,27,45H,3-4,11,26H2,1-2H3. The molecular weight excluding hydrogens is 1120 g/mol. The van der Waals surface area contributed by atoms with Gasteiger partial charge in [0.25, 0.3) is 0 Å². The lowest BCUT2D eigenvalue weighted by molar-refractivity contribution is -0.288. The maximum Gasteiger partial charge on any atom is 0.411 e. The largest absolute Gasteiger partial charge is 0.491 e. The number of benzene rings is 8. The number of carbonyl (C=O) groups excluding carboxylic acids is 1. The highest BCUT2D eigenvalue weighted by Crippen LogP contribution is 2.57. The van der Waals surface area contributed by atoms with Crippen LogP contribution in [0.5, 0.6) is 34.5 Å². The van der Waals surface area contributed by atoms with Crippen molar-refractivity contribution in [1.29, 1.82) is 10.5 Å². The monoisotopic (exact) mass is 1160 g/mol. The molecule has 1 unspecified atom stereocenters. The molecule has 1 saturated heterocycles. The van der Waals surface area contributed by atoms with Crippen LogP contribution in [0, 0.1) is 76.1 Å². The number of ether oxygens (including phenoxy) is 5. The summed E-state index contributed by atoms with van der Waals surface area (Å²) in [6.07, 6.45) is -10.4. The Balaban J connectivity index is 1.03. The molecule has 1 fully saturated rings. The molecule has 0 N–H and O–H groups in total. The number of nitriles is 2. The second-order valence-corrected chi connectivity index (χ2v) is 18.6. The topological polar surface area (TPSA) is 111 Å². The first-order valence-corrected chi connectivity index (χ1v) is 24.5. The predicted molar refractivity (Wildman–Crippen MR) is 270 cm³/mol. The smallest absolute Gasteiger partial charge is 0.411 e. The van der Waals surface area contributed by atoms with E-state index >= 15 is 43.9 Å². The van der Waals surface area contributed by atoms with Crippen molar-refractivity contribution >= 4 is 5.78 Å². The maximum absolute atomic E-state index is 15.3. The highest BCUT2D eigenvalue weighted by Gasteiger charge is 2.72. The van der Waals surface area contributed by atoms with Crippen LogP contribution in [0.15, 0.2) is 127 Å². The Morgan fingerprint density at radius 1 is 0.554 bits per heavy atom. The molecule has 0 spiro atoms. The van der Waals surface area contributed by atoms with E-state index in [2.05, 4.69) is 10.8 Å². The van der Waals surface area contributed by atoms with Crippen LogP contribution in [0.3, 0.4) is 0 Å². The third-order valence-electron chi connectivity index (χ3n) is 13.7. The Hall–Kier alpha value is -9.41. The molecule has 0 aromatic heterocycles. The zero-order valence-electron chi connectivity index (χ0n) is 42.7. The van der Waals surface area contributed by atoms with Crippen LogP contribution in [0.4, 0.5) is 61.5 Å². The summed E-state index contributed by atoms with van der Waals surface area (Å²) in [5.74, 6) is -25.8. The van der Waals surface area contributed by atoms with Gasteiger partial charge in [-0.05, 0) is 108 Å². The first-order valence-electron chi connectivity index (χ1n) is 24.5. The van der Waals surface area contributed by atoms with Gasteiger partial charge in [-0.3, -0.25) is 4.79 Å². The number of carbonyl (C=O) groups is 1. The lowest BCUT2D eigenvalue weighted by Crippen LogP contribution is -2.54. The van der Waals surface area contributed by atoms with E-state index in [0.29, 0.717) is 72.4 Å². The first-order chi connectivity index (χ1) is 39.5. The van der Waals surface area contributed by atoms with Crippen molar-refractivity contribution < 1.29 is 89.9 Å². The Morgan fingerprint density at radius 3 is 1.57 bits per heavy atom. The maximum atomic E-state index is 15.3. The minimum atomic E-state index is -6.23. The molecule has 1 aliphatic heterocycles. The predicted octanol–water partition coefficient (Wildman–Crippen LogP) is 17.0. The molecule has 9 rings (SSSR count). The van der Waals surface area contributed by atoms with E-state index < -0.39 is 116 Å². The number of methoxy groups -OCH3 is 1. The number of hydrogen-bond acceptors (Lipinski definition) is 8. The Labute approximate surface area is 461 Å². The molecule has 0 aliphatic carbocycles. The molecule has 8 nitrogen and oxygen atoms in total. The van der Waals surface area contributed by atoms with Crippen molar-refractivity contribution in [3.8, 4) is 80.0 Å². The second-order valence-electron chi connectivity index (χ2n) is 18.6. The molecule has 1 heterocycles. The average Bonchev–Trinajstić information content (AvgIpc) is 1.63. The van der Waals surface area contributed by atoms with Gasteiger partial charge < -0.3 is 23.7 Å². The van der Waals surface area contributed by atoms with Crippen LogP contribution < -0.4 is 18.9 Å². The van der Waals surface area contributed by atoms with E-state index in [9.17, 15) is 32.9 Å². The van der Waals surface area contributed by atoms with E-state index in [0.717, 1.165) is 25.0 Å². The van der Waals surface area contributed by atoms with Crippen LogP contribution in [-0.2, 0) is 10.2 Å². The van der Waals surface area contributed by atoms with Gasteiger partial charge in [-0.25, -0.2) is 17.6 Å². The molecule has 1 atom stereocenters. The van der Waals surface area contributed by atoms with Gasteiger partial charge in [0.15, 0.2) is 41.1 Å². The fourth-order valence-corrected chi connectivity index (χ4v) is 9.65. The molecule has 8 aromatic rings. The molecule has 0 radical (unpaired) electrons. The summed E-state index contributed by atoms with van der Waals surface area (Å²) in [5.41, 5.74) is -10.2. The van der Waals surface area contributed by atoms with E-state index in [1.54, 1.807) is 61.5 Å². The molecule has 1 aliphatic rings.